The highest BCUT2D eigenvalue weighted by molar-refractivity contribution is 7.91. The van der Waals surface area contributed by atoms with Crippen LogP contribution in [-0.2, 0) is 20.5 Å². The van der Waals surface area contributed by atoms with Gasteiger partial charge in [0.25, 0.3) is 5.91 Å². The first-order valence-electron chi connectivity index (χ1n) is 6.89. The van der Waals surface area contributed by atoms with Gasteiger partial charge in [-0.2, -0.15) is 0 Å². The zero-order valence-corrected chi connectivity index (χ0v) is 13.7. The smallest absolute Gasteiger partial charge is 0.337 e. The van der Waals surface area contributed by atoms with Crippen molar-refractivity contribution in [1.82, 2.24) is 0 Å². The number of carbonyl (C=O) groups excluding carboxylic acids is 2. The molecule has 0 aromatic heterocycles. The van der Waals surface area contributed by atoms with Crippen molar-refractivity contribution < 1.29 is 22.7 Å². The fourth-order valence-electron chi connectivity index (χ4n) is 2.06. The van der Waals surface area contributed by atoms with E-state index in [0.29, 0.717) is 11.1 Å². The van der Waals surface area contributed by atoms with Gasteiger partial charge in [0.1, 0.15) is 0 Å². The molecule has 3 N–H and O–H groups in total. The summed E-state index contributed by atoms with van der Waals surface area (Å²) in [4.78, 5) is 22.7. The number of nitrogens with one attached hydrogen (secondary N) is 1. The van der Waals surface area contributed by atoms with Crippen molar-refractivity contribution in [2.75, 3.05) is 11.8 Å². The van der Waals surface area contributed by atoms with E-state index in [0.717, 1.165) is 0 Å². The summed E-state index contributed by atoms with van der Waals surface area (Å²) in [5.41, 5.74) is 6.24. The lowest BCUT2D eigenvalue weighted by Crippen LogP contribution is -2.19. The number of para-hydroxylation sites is 1. The van der Waals surface area contributed by atoms with E-state index in [1.807, 2.05) is 0 Å². The molecule has 126 valence electrons. The third kappa shape index (κ3) is 4.32. The van der Waals surface area contributed by atoms with Crippen molar-refractivity contribution in [2.45, 2.75) is 5.75 Å². The lowest BCUT2D eigenvalue weighted by Gasteiger charge is -2.11. The number of anilines is 1. The summed E-state index contributed by atoms with van der Waals surface area (Å²) in [5, 5.41) is 0. The summed E-state index contributed by atoms with van der Waals surface area (Å²) < 4.78 is 31.5. The molecule has 0 spiro atoms. The van der Waals surface area contributed by atoms with Crippen LogP contribution in [0.25, 0.3) is 0 Å². The van der Waals surface area contributed by atoms with Crippen LogP contribution in [-0.4, -0.2) is 27.4 Å². The number of benzene rings is 2. The SMILES string of the molecule is COC(=O)c1ccc(CS(=O)(=O)Nc2ccccc2C(N)=O)cc1. The number of esters is 1. The molecule has 1 amide bonds. The fourth-order valence-corrected chi connectivity index (χ4v) is 3.28. The predicted molar refractivity (Wildman–Crippen MR) is 89.0 cm³/mol. The van der Waals surface area contributed by atoms with Crippen LogP contribution in [0.1, 0.15) is 26.3 Å². The summed E-state index contributed by atoms with van der Waals surface area (Å²) in [7, 11) is -2.49. The van der Waals surface area contributed by atoms with Crippen LogP contribution in [0.2, 0.25) is 0 Å². The Bertz CT molecular complexity index is 860. The van der Waals surface area contributed by atoms with E-state index in [9.17, 15) is 18.0 Å². The molecule has 0 aliphatic carbocycles. The number of hydrogen-bond donors (Lipinski definition) is 2. The van der Waals surface area contributed by atoms with E-state index in [-0.39, 0.29) is 17.0 Å². The lowest BCUT2D eigenvalue weighted by molar-refractivity contribution is 0.0600. The molecule has 0 saturated carbocycles. The van der Waals surface area contributed by atoms with Crippen LogP contribution in [0.3, 0.4) is 0 Å². The molecule has 24 heavy (non-hydrogen) atoms. The average Bonchev–Trinajstić information content (AvgIpc) is 2.54. The quantitative estimate of drug-likeness (QED) is 0.768. The minimum Gasteiger partial charge on any atom is -0.465 e. The van der Waals surface area contributed by atoms with E-state index in [4.69, 9.17) is 5.73 Å². The second-order valence-corrected chi connectivity index (χ2v) is 6.68. The summed E-state index contributed by atoms with van der Waals surface area (Å²) >= 11 is 0. The maximum Gasteiger partial charge on any atom is 0.337 e. The number of ether oxygens (including phenoxy) is 1. The minimum absolute atomic E-state index is 0.0853. The number of nitrogens with two attached hydrogens (primary N) is 1. The number of amides is 1. The summed E-state index contributed by atoms with van der Waals surface area (Å²) in [6, 6.07) is 12.1. The first-order chi connectivity index (χ1) is 11.3. The van der Waals surface area contributed by atoms with Gasteiger partial charge in [0.2, 0.25) is 10.0 Å². The van der Waals surface area contributed by atoms with Gasteiger partial charge < -0.3 is 10.5 Å². The lowest BCUT2D eigenvalue weighted by atomic mass is 10.1. The van der Waals surface area contributed by atoms with Gasteiger partial charge in [0.15, 0.2) is 0 Å². The van der Waals surface area contributed by atoms with Crippen molar-refractivity contribution in [3.63, 3.8) is 0 Å². The third-order valence-corrected chi connectivity index (χ3v) is 4.43. The monoisotopic (exact) mass is 348 g/mol. The standard InChI is InChI=1S/C16H16N2O5S/c1-23-16(20)12-8-6-11(7-9-12)10-24(21,22)18-14-5-3-2-4-13(14)15(17)19/h2-9,18H,10H2,1H3,(H2,17,19). The molecule has 2 rings (SSSR count). The second-order valence-electron chi connectivity index (χ2n) is 4.96. The van der Waals surface area contributed by atoms with Gasteiger partial charge in [-0.05, 0) is 29.8 Å². The molecule has 8 heteroatoms. The summed E-state index contributed by atoms with van der Waals surface area (Å²) in [5.74, 6) is -1.55. The molecule has 0 bridgehead atoms. The molecule has 0 saturated heterocycles. The van der Waals surface area contributed by atoms with E-state index >= 15 is 0 Å². The molecule has 0 aliphatic rings. The number of primary amides is 1. The van der Waals surface area contributed by atoms with Crippen molar-refractivity contribution in [1.29, 1.82) is 0 Å². The van der Waals surface area contributed by atoms with Crippen molar-refractivity contribution in [3.05, 3.63) is 65.2 Å². The van der Waals surface area contributed by atoms with Crippen LogP contribution in [0.5, 0.6) is 0 Å². The molecule has 0 unspecified atom stereocenters. The van der Waals surface area contributed by atoms with Crippen molar-refractivity contribution >= 4 is 27.6 Å². The van der Waals surface area contributed by atoms with Gasteiger partial charge in [-0.3, -0.25) is 9.52 Å². The Balaban J connectivity index is 2.17. The van der Waals surface area contributed by atoms with E-state index in [2.05, 4.69) is 9.46 Å². The molecule has 2 aromatic carbocycles. The normalized spacial score (nSPS) is 10.9. The Labute approximate surface area is 139 Å². The Hall–Kier alpha value is -2.87. The number of methoxy groups -OCH3 is 1. The van der Waals surface area contributed by atoms with Crippen LogP contribution < -0.4 is 10.5 Å². The van der Waals surface area contributed by atoms with Gasteiger partial charge in [0.05, 0.1) is 29.7 Å². The largest absolute Gasteiger partial charge is 0.465 e. The first-order valence-corrected chi connectivity index (χ1v) is 8.54. The molecule has 0 heterocycles. The molecule has 2 aromatic rings. The van der Waals surface area contributed by atoms with E-state index in [1.165, 1.54) is 43.5 Å². The fraction of sp³-hybridized carbons (Fsp3) is 0.125. The number of carbonyl (C=O) groups is 2. The highest BCUT2D eigenvalue weighted by atomic mass is 32.2. The number of hydrogen-bond acceptors (Lipinski definition) is 5. The summed E-state index contributed by atoms with van der Waals surface area (Å²) in [6.07, 6.45) is 0. The molecule has 0 atom stereocenters. The molecular weight excluding hydrogens is 332 g/mol. The van der Waals surface area contributed by atoms with Gasteiger partial charge in [0, 0.05) is 0 Å². The van der Waals surface area contributed by atoms with Crippen LogP contribution in [0.4, 0.5) is 5.69 Å². The molecular formula is C16H16N2O5S. The van der Waals surface area contributed by atoms with Gasteiger partial charge in [-0.25, -0.2) is 13.2 Å². The molecule has 0 fully saturated rings. The van der Waals surface area contributed by atoms with Crippen molar-refractivity contribution in [2.24, 2.45) is 5.73 Å². The number of sulfonamides is 1. The van der Waals surface area contributed by atoms with Gasteiger partial charge >= 0.3 is 5.97 Å². The van der Waals surface area contributed by atoms with Gasteiger partial charge in [-0.15, -0.1) is 0 Å². The van der Waals surface area contributed by atoms with Crippen LogP contribution >= 0.6 is 0 Å². The minimum atomic E-state index is -3.76. The van der Waals surface area contributed by atoms with E-state index in [1.54, 1.807) is 12.1 Å². The molecule has 0 aliphatic heterocycles. The summed E-state index contributed by atoms with van der Waals surface area (Å²) in [6.45, 7) is 0. The van der Waals surface area contributed by atoms with Gasteiger partial charge in [-0.1, -0.05) is 24.3 Å². The highest BCUT2D eigenvalue weighted by Gasteiger charge is 2.16. The third-order valence-electron chi connectivity index (χ3n) is 3.19. The zero-order valence-electron chi connectivity index (χ0n) is 12.9. The van der Waals surface area contributed by atoms with Crippen molar-refractivity contribution in [3.8, 4) is 0 Å². The van der Waals surface area contributed by atoms with Crippen LogP contribution in [0.15, 0.2) is 48.5 Å². The average molecular weight is 348 g/mol. The maximum absolute atomic E-state index is 12.3. The molecule has 0 radical (unpaired) electrons. The Morgan fingerprint density at radius 1 is 1.08 bits per heavy atom. The van der Waals surface area contributed by atoms with Crippen LogP contribution in [0, 0.1) is 0 Å². The van der Waals surface area contributed by atoms with E-state index < -0.39 is 21.9 Å². The molecule has 7 nitrogen and oxygen atoms in total. The second kappa shape index (κ2) is 7.14. The number of rotatable bonds is 6. The predicted octanol–water partition coefficient (Wildman–Crippen LogP) is 1.51. The zero-order chi connectivity index (χ0) is 17.7. The first kappa shape index (κ1) is 17.5. The topological polar surface area (TPSA) is 116 Å². The maximum atomic E-state index is 12.3. The Morgan fingerprint density at radius 3 is 2.29 bits per heavy atom. The Kier molecular flexibility index (Phi) is 5.20. The highest BCUT2D eigenvalue weighted by Crippen LogP contribution is 2.18. The Morgan fingerprint density at radius 2 is 1.71 bits per heavy atom.